The molecule has 1 fully saturated rings. The summed E-state index contributed by atoms with van der Waals surface area (Å²) in [5, 5.41) is 0.846. The van der Waals surface area contributed by atoms with Crippen LogP contribution in [0.2, 0.25) is 5.02 Å². The van der Waals surface area contributed by atoms with Gasteiger partial charge in [-0.2, -0.15) is 0 Å². The molecule has 0 radical (unpaired) electrons. The van der Waals surface area contributed by atoms with Crippen molar-refractivity contribution < 1.29 is 0 Å². The summed E-state index contributed by atoms with van der Waals surface area (Å²) < 4.78 is 0. The highest BCUT2D eigenvalue weighted by Gasteiger charge is 2.33. The third-order valence-corrected chi connectivity index (χ3v) is 4.11. The number of nitrogens with zero attached hydrogens (tertiary/aromatic N) is 1. The molecule has 0 amide bonds. The standard InChI is InChI=1S/C15H23ClN2/c1-3-8-18(13-6-7-13)15(10-17)12-5-4-11(2)14(16)9-12/h4-5,9,13,15H,3,6-8,10,17H2,1-2H3. The first kappa shape index (κ1) is 13.9. The van der Waals surface area contributed by atoms with Crippen molar-refractivity contribution in [1.29, 1.82) is 0 Å². The van der Waals surface area contributed by atoms with Gasteiger partial charge in [0.25, 0.3) is 0 Å². The van der Waals surface area contributed by atoms with Gasteiger partial charge < -0.3 is 5.73 Å². The Labute approximate surface area is 115 Å². The van der Waals surface area contributed by atoms with Crippen molar-refractivity contribution in [3.8, 4) is 0 Å². The van der Waals surface area contributed by atoms with Crippen molar-refractivity contribution >= 4 is 11.6 Å². The summed E-state index contributed by atoms with van der Waals surface area (Å²) in [4.78, 5) is 2.56. The van der Waals surface area contributed by atoms with Crippen LogP contribution in [-0.4, -0.2) is 24.0 Å². The van der Waals surface area contributed by atoms with E-state index < -0.39 is 0 Å². The number of aryl methyl sites for hydroxylation is 1. The molecule has 1 unspecified atom stereocenters. The normalized spacial score (nSPS) is 17.2. The number of rotatable bonds is 6. The molecule has 2 N–H and O–H groups in total. The minimum Gasteiger partial charge on any atom is -0.329 e. The SMILES string of the molecule is CCCN(C1CC1)C(CN)c1ccc(C)c(Cl)c1. The largest absolute Gasteiger partial charge is 0.329 e. The van der Waals surface area contributed by atoms with Crippen LogP contribution in [0.1, 0.15) is 43.4 Å². The molecule has 0 bridgehead atoms. The first-order valence-corrected chi connectivity index (χ1v) is 7.27. The summed E-state index contributed by atoms with van der Waals surface area (Å²) in [5.74, 6) is 0. The smallest absolute Gasteiger partial charge is 0.0473 e. The molecular weight excluding hydrogens is 244 g/mol. The molecule has 1 atom stereocenters. The quantitative estimate of drug-likeness (QED) is 0.854. The van der Waals surface area contributed by atoms with Gasteiger partial charge in [0.1, 0.15) is 0 Å². The maximum Gasteiger partial charge on any atom is 0.0473 e. The van der Waals surface area contributed by atoms with Gasteiger partial charge in [-0.1, -0.05) is 30.7 Å². The van der Waals surface area contributed by atoms with Gasteiger partial charge in [-0.15, -0.1) is 0 Å². The Bertz CT molecular complexity index is 401. The van der Waals surface area contributed by atoms with Crippen LogP contribution < -0.4 is 5.73 Å². The van der Waals surface area contributed by atoms with E-state index in [1.54, 1.807) is 0 Å². The molecule has 2 rings (SSSR count). The van der Waals surface area contributed by atoms with Crippen molar-refractivity contribution in [3.63, 3.8) is 0 Å². The van der Waals surface area contributed by atoms with Crippen molar-refractivity contribution in [3.05, 3.63) is 34.3 Å². The van der Waals surface area contributed by atoms with Gasteiger partial charge in [0.05, 0.1) is 0 Å². The topological polar surface area (TPSA) is 29.3 Å². The fraction of sp³-hybridized carbons (Fsp3) is 0.600. The van der Waals surface area contributed by atoms with Gasteiger partial charge in [0.2, 0.25) is 0 Å². The summed E-state index contributed by atoms with van der Waals surface area (Å²) in [5.41, 5.74) is 8.39. The van der Waals surface area contributed by atoms with Crippen LogP contribution in [0.3, 0.4) is 0 Å². The molecule has 1 aliphatic rings. The first-order chi connectivity index (χ1) is 8.67. The second-order valence-electron chi connectivity index (χ2n) is 5.23. The van der Waals surface area contributed by atoms with E-state index in [0.29, 0.717) is 12.6 Å². The molecular formula is C15H23ClN2. The van der Waals surface area contributed by atoms with E-state index in [2.05, 4.69) is 30.0 Å². The van der Waals surface area contributed by atoms with E-state index >= 15 is 0 Å². The van der Waals surface area contributed by atoms with Gasteiger partial charge in [-0.3, -0.25) is 4.90 Å². The predicted octanol–water partition coefficient (Wildman–Crippen LogP) is 3.52. The van der Waals surface area contributed by atoms with Gasteiger partial charge in [0, 0.05) is 23.7 Å². The Balaban J connectivity index is 2.22. The summed E-state index contributed by atoms with van der Waals surface area (Å²) >= 11 is 6.23. The maximum absolute atomic E-state index is 6.23. The van der Waals surface area contributed by atoms with Crippen molar-refractivity contribution in [2.24, 2.45) is 5.73 Å². The summed E-state index contributed by atoms with van der Waals surface area (Å²) in [6.07, 6.45) is 3.80. The summed E-state index contributed by atoms with van der Waals surface area (Å²) in [6, 6.07) is 7.40. The van der Waals surface area contributed by atoms with Gasteiger partial charge >= 0.3 is 0 Å². The van der Waals surface area contributed by atoms with Crippen LogP contribution in [-0.2, 0) is 0 Å². The average molecular weight is 267 g/mol. The molecule has 1 aromatic carbocycles. The van der Waals surface area contributed by atoms with Crippen molar-refractivity contribution in [2.75, 3.05) is 13.1 Å². The van der Waals surface area contributed by atoms with E-state index in [4.69, 9.17) is 17.3 Å². The summed E-state index contributed by atoms with van der Waals surface area (Å²) in [6.45, 7) is 6.05. The van der Waals surface area contributed by atoms with E-state index in [1.807, 2.05) is 6.92 Å². The molecule has 0 heterocycles. The van der Waals surface area contributed by atoms with Crippen LogP contribution in [0.25, 0.3) is 0 Å². The zero-order valence-electron chi connectivity index (χ0n) is 11.3. The molecule has 100 valence electrons. The third kappa shape index (κ3) is 3.05. The lowest BCUT2D eigenvalue weighted by molar-refractivity contribution is 0.191. The van der Waals surface area contributed by atoms with Crippen LogP contribution in [0.15, 0.2) is 18.2 Å². The lowest BCUT2D eigenvalue weighted by Gasteiger charge is -2.31. The average Bonchev–Trinajstić information content (AvgIpc) is 3.17. The van der Waals surface area contributed by atoms with Gasteiger partial charge in [0.15, 0.2) is 0 Å². The second kappa shape index (κ2) is 6.05. The fourth-order valence-corrected chi connectivity index (χ4v) is 2.73. The zero-order valence-corrected chi connectivity index (χ0v) is 12.1. The Morgan fingerprint density at radius 3 is 2.67 bits per heavy atom. The number of halogens is 1. The van der Waals surface area contributed by atoms with Crippen molar-refractivity contribution in [2.45, 2.75) is 45.2 Å². The zero-order chi connectivity index (χ0) is 13.1. The van der Waals surface area contributed by atoms with Crippen LogP contribution in [0.4, 0.5) is 0 Å². The molecule has 1 aliphatic carbocycles. The van der Waals surface area contributed by atoms with Gasteiger partial charge in [-0.05, 0) is 49.9 Å². The minimum absolute atomic E-state index is 0.315. The highest BCUT2D eigenvalue weighted by Crippen LogP contribution is 2.35. The lowest BCUT2D eigenvalue weighted by Crippen LogP contribution is -2.36. The molecule has 18 heavy (non-hydrogen) atoms. The first-order valence-electron chi connectivity index (χ1n) is 6.89. The van der Waals surface area contributed by atoms with Crippen LogP contribution >= 0.6 is 11.6 Å². The van der Waals surface area contributed by atoms with Crippen LogP contribution in [0, 0.1) is 6.92 Å². The minimum atomic E-state index is 0.315. The molecule has 0 aromatic heterocycles. The van der Waals surface area contributed by atoms with Gasteiger partial charge in [-0.25, -0.2) is 0 Å². The Kier molecular flexibility index (Phi) is 4.66. The monoisotopic (exact) mass is 266 g/mol. The highest BCUT2D eigenvalue weighted by molar-refractivity contribution is 6.31. The predicted molar refractivity (Wildman–Crippen MR) is 78.0 cm³/mol. The maximum atomic E-state index is 6.23. The van der Waals surface area contributed by atoms with Crippen molar-refractivity contribution in [1.82, 2.24) is 4.90 Å². The molecule has 2 nitrogen and oxygen atoms in total. The van der Waals surface area contributed by atoms with E-state index in [9.17, 15) is 0 Å². The number of hydrogen-bond acceptors (Lipinski definition) is 2. The highest BCUT2D eigenvalue weighted by atomic mass is 35.5. The molecule has 3 heteroatoms. The third-order valence-electron chi connectivity index (χ3n) is 3.70. The van der Waals surface area contributed by atoms with E-state index in [1.165, 1.54) is 24.8 Å². The number of benzene rings is 1. The fourth-order valence-electron chi connectivity index (χ4n) is 2.54. The Morgan fingerprint density at radius 1 is 1.44 bits per heavy atom. The second-order valence-corrected chi connectivity index (χ2v) is 5.64. The Hall–Kier alpha value is -0.570. The summed E-state index contributed by atoms with van der Waals surface area (Å²) in [7, 11) is 0. The molecule has 1 saturated carbocycles. The van der Waals surface area contributed by atoms with E-state index in [-0.39, 0.29) is 0 Å². The molecule has 0 spiro atoms. The molecule has 0 saturated heterocycles. The van der Waals surface area contributed by atoms with E-state index in [0.717, 1.165) is 23.2 Å². The van der Waals surface area contributed by atoms with Crippen LogP contribution in [0.5, 0.6) is 0 Å². The number of nitrogens with two attached hydrogens (primary N) is 1. The number of hydrogen-bond donors (Lipinski definition) is 1. The Morgan fingerprint density at radius 2 is 2.17 bits per heavy atom. The molecule has 0 aliphatic heterocycles. The molecule has 1 aromatic rings. The lowest BCUT2D eigenvalue weighted by atomic mass is 10.0.